The van der Waals surface area contributed by atoms with Crippen molar-refractivity contribution in [3.63, 3.8) is 0 Å². The lowest BCUT2D eigenvalue weighted by atomic mass is 9.88. The average molecular weight is 347 g/mol. The molecule has 142 valence electrons. The fourth-order valence-corrected chi connectivity index (χ4v) is 3.59. The molecule has 0 saturated heterocycles. The van der Waals surface area contributed by atoms with Gasteiger partial charge in [0.05, 0.1) is 0 Å². The molecule has 2 nitrogen and oxygen atoms in total. The summed E-state index contributed by atoms with van der Waals surface area (Å²) in [5.74, 6) is 1.05. The van der Waals surface area contributed by atoms with Crippen molar-refractivity contribution in [3.8, 4) is 0 Å². The zero-order valence-electron chi connectivity index (χ0n) is 16.7. The van der Waals surface area contributed by atoms with E-state index in [1.165, 1.54) is 18.4 Å². The van der Waals surface area contributed by atoms with E-state index in [1.807, 2.05) is 0 Å². The van der Waals surface area contributed by atoms with Crippen LogP contribution in [0.25, 0.3) is 0 Å². The van der Waals surface area contributed by atoms with Crippen LogP contribution in [0.3, 0.4) is 0 Å². The molecule has 2 unspecified atom stereocenters. The lowest BCUT2D eigenvalue weighted by molar-refractivity contribution is -0.124. The molecule has 2 atom stereocenters. The van der Waals surface area contributed by atoms with Gasteiger partial charge in [0.25, 0.3) is 0 Å². The van der Waals surface area contributed by atoms with Gasteiger partial charge in [-0.3, -0.25) is 9.59 Å². The maximum Gasteiger partial charge on any atom is 0.136 e. The topological polar surface area (TPSA) is 34.1 Å². The first kappa shape index (κ1) is 21.9. The van der Waals surface area contributed by atoms with E-state index in [0.29, 0.717) is 24.4 Å². The molecule has 0 aliphatic heterocycles. The Labute approximate surface area is 155 Å². The number of hydrogen-bond acceptors (Lipinski definition) is 2. The minimum Gasteiger partial charge on any atom is -0.299 e. The SMILES string of the molecule is CCC1CCC=CCCCCCC(CC=C(C)C)C(=O)CCCC1=O. The molecule has 1 aliphatic carbocycles. The molecule has 2 heteroatoms. The van der Waals surface area contributed by atoms with Crippen molar-refractivity contribution in [3.05, 3.63) is 23.8 Å². The molecule has 1 rings (SSSR count). The van der Waals surface area contributed by atoms with Crippen molar-refractivity contribution >= 4 is 11.6 Å². The van der Waals surface area contributed by atoms with Gasteiger partial charge in [-0.2, -0.15) is 0 Å². The van der Waals surface area contributed by atoms with Gasteiger partial charge in [-0.25, -0.2) is 0 Å². The molecule has 0 bridgehead atoms. The molecule has 0 aromatic carbocycles. The molecule has 1 aliphatic rings. The molecule has 0 spiro atoms. The predicted molar refractivity (Wildman–Crippen MR) is 107 cm³/mol. The van der Waals surface area contributed by atoms with Gasteiger partial charge in [0.1, 0.15) is 11.6 Å². The fourth-order valence-electron chi connectivity index (χ4n) is 3.59. The molecule has 0 aromatic rings. The Morgan fingerprint density at radius 3 is 2.28 bits per heavy atom. The van der Waals surface area contributed by atoms with Gasteiger partial charge in [0, 0.05) is 24.7 Å². The molecule has 25 heavy (non-hydrogen) atoms. The van der Waals surface area contributed by atoms with Crippen LogP contribution in [0.2, 0.25) is 0 Å². The summed E-state index contributed by atoms with van der Waals surface area (Å²) < 4.78 is 0. The highest BCUT2D eigenvalue weighted by molar-refractivity contribution is 5.83. The van der Waals surface area contributed by atoms with Crippen LogP contribution in [0.15, 0.2) is 23.8 Å². The van der Waals surface area contributed by atoms with E-state index in [-0.39, 0.29) is 11.8 Å². The highest BCUT2D eigenvalue weighted by Crippen LogP contribution is 2.22. The van der Waals surface area contributed by atoms with E-state index in [0.717, 1.165) is 51.4 Å². The van der Waals surface area contributed by atoms with Crippen LogP contribution in [0.4, 0.5) is 0 Å². The average Bonchev–Trinajstić information content (AvgIpc) is 2.57. The summed E-state index contributed by atoms with van der Waals surface area (Å²) in [5, 5.41) is 0. The van der Waals surface area contributed by atoms with Gasteiger partial charge in [0.15, 0.2) is 0 Å². The third-order valence-electron chi connectivity index (χ3n) is 5.33. The Balaban J connectivity index is 2.67. The standard InChI is InChI=1S/C23H38O2/c1-4-20-13-10-8-6-5-7-9-11-14-21(18-17-19(2)3)23(25)16-12-15-22(20)24/h6,8,17,20-21H,4-5,7,9-16,18H2,1-3H3. The van der Waals surface area contributed by atoms with Crippen molar-refractivity contribution in [2.75, 3.05) is 0 Å². The number of ketones is 2. The van der Waals surface area contributed by atoms with E-state index in [1.54, 1.807) is 0 Å². The fraction of sp³-hybridized carbons (Fsp3) is 0.739. The van der Waals surface area contributed by atoms with Crippen molar-refractivity contribution in [2.45, 2.75) is 97.8 Å². The summed E-state index contributed by atoms with van der Waals surface area (Å²) >= 11 is 0. The van der Waals surface area contributed by atoms with Gasteiger partial charge in [-0.05, 0) is 65.2 Å². The monoisotopic (exact) mass is 346 g/mol. The minimum atomic E-state index is 0.149. The Morgan fingerprint density at radius 2 is 1.60 bits per heavy atom. The quantitative estimate of drug-likeness (QED) is 0.540. The number of Topliss-reactive ketones (excluding diaryl/α,β-unsaturated/α-hetero) is 2. The minimum absolute atomic E-state index is 0.149. The third kappa shape index (κ3) is 9.77. The lowest BCUT2D eigenvalue weighted by Crippen LogP contribution is -2.17. The summed E-state index contributed by atoms with van der Waals surface area (Å²) in [6.07, 6.45) is 18.0. The molecule has 0 radical (unpaired) electrons. The second-order valence-electron chi connectivity index (χ2n) is 7.79. The number of hydrogen-bond donors (Lipinski definition) is 0. The third-order valence-corrected chi connectivity index (χ3v) is 5.33. The van der Waals surface area contributed by atoms with Crippen LogP contribution in [0.5, 0.6) is 0 Å². The molecule has 0 saturated carbocycles. The van der Waals surface area contributed by atoms with Gasteiger partial charge in [-0.15, -0.1) is 0 Å². The van der Waals surface area contributed by atoms with E-state index in [4.69, 9.17) is 0 Å². The zero-order valence-corrected chi connectivity index (χ0v) is 16.7. The largest absolute Gasteiger partial charge is 0.299 e. The predicted octanol–water partition coefficient (Wildman–Crippen LogP) is 6.59. The molecule has 0 amide bonds. The smallest absolute Gasteiger partial charge is 0.136 e. The van der Waals surface area contributed by atoms with E-state index in [2.05, 4.69) is 39.0 Å². The molecular formula is C23H38O2. The molecule has 0 N–H and O–H groups in total. The van der Waals surface area contributed by atoms with Gasteiger partial charge >= 0.3 is 0 Å². The first-order valence-corrected chi connectivity index (χ1v) is 10.4. The van der Waals surface area contributed by atoms with Crippen molar-refractivity contribution in [1.82, 2.24) is 0 Å². The number of allylic oxidation sites excluding steroid dienone is 4. The van der Waals surface area contributed by atoms with Gasteiger partial charge in [0.2, 0.25) is 0 Å². The summed E-state index contributed by atoms with van der Waals surface area (Å²) in [4.78, 5) is 25.0. The number of carbonyl (C=O) groups excluding carboxylic acids is 2. The highest BCUT2D eigenvalue weighted by Gasteiger charge is 2.19. The maximum absolute atomic E-state index is 12.6. The van der Waals surface area contributed by atoms with Crippen LogP contribution in [-0.2, 0) is 9.59 Å². The lowest BCUT2D eigenvalue weighted by Gasteiger charge is -2.16. The Kier molecular flexibility index (Phi) is 11.4. The van der Waals surface area contributed by atoms with Crippen molar-refractivity contribution < 1.29 is 9.59 Å². The Morgan fingerprint density at radius 1 is 0.920 bits per heavy atom. The van der Waals surface area contributed by atoms with Crippen LogP contribution < -0.4 is 0 Å². The Hall–Kier alpha value is -1.18. The molecule has 0 aromatic heterocycles. The summed E-state index contributed by atoms with van der Waals surface area (Å²) in [5.41, 5.74) is 1.28. The van der Waals surface area contributed by atoms with E-state index >= 15 is 0 Å². The van der Waals surface area contributed by atoms with Crippen LogP contribution >= 0.6 is 0 Å². The number of rotatable bonds is 3. The Bertz CT molecular complexity index is 455. The van der Waals surface area contributed by atoms with Crippen molar-refractivity contribution in [2.24, 2.45) is 11.8 Å². The zero-order chi connectivity index (χ0) is 18.5. The first-order chi connectivity index (χ1) is 12.0. The molecule has 0 fully saturated rings. The normalized spacial score (nSPS) is 24.9. The second-order valence-corrected chi connectivity index (χ2v) is 7.79. The summed E-state index contributed by atoms with van der Waals surface area (Å²) in [6.45, 7) is 6.29. The maximum atomic E-state index is 12.6. The second kappa shape index (κ2) is 13.1. The molecular weight excluding hydrogens is 308 g/mol. The van der Waals surface area contributed by atoms with E-state index in [9.17, 15) is 9.59 Å². The van der Waals surface area contributed by atoms with Crippen LogP contribution in [0.1, 0.15) is 97.8 Å². The summed E-state index contributed by atoms with van der Waals surface area (Å²) in [6, 6.07) is 0. The van der Waals surface area contributed by atoms with Gasteiger partial charge < -0.3 is 0 Å². The van der Waals surface area contributed by atoms with Crippen molar-refractivity contribution in [1.29, 1.82) is 0 Å². The number of carbonyl (C=O) groups is 2. The van der Waals surface area contributed by atoms with E-state index < -0.39 is 0 Å². The summed E-state index contributed by atoms with van der Waals surface area (Å²) in [7, 11) is 0. The molecule has 0 heterocycles. The highest BCUT2D eigenvalue weighted by atomic mass is 16.1. The van der Waals surface area contributed by atoms with Crippen LogP contribution in [-0.4, -0.2) is 11.6 Å². The van der Waals surface area contributed by atoms with Crippen LogP contribution in [0, 0.1) is 11.8 Å². The first-order valence-electron chi connectivity index (χ1n) is 10.4. The van der Waals surface area contributed by atoms with Gasteiger partial charge in [-0.1, -0.05) is 43.6 Å².